The summed E-state index contributed by atoms with van der Waals surface area (Å²) in [7, 11) is 1.97. The van der Waals surface area contributed by atoms with E-state index >= 15 is 0 Å². The van der Waals surface area contributed by atoms with Crippen LogP contribution >= 0.6 is 24.0 Å². The molecule has 7 nitrogen and oxygen atoms in total. The molecule has 25 heavy (non-hydrogen) atoms. The van der Waals surface area contributed by atoms with Crippen molar-refractivity contribution >= 4 is 41.5 Å². The second kappa shape index (κ2) is 11.1. The summed E-state index contributed by atoms with van der Waals surface area (Å²) in [6.45, 7) is 5.23. The second-order valence-corrected chi connectivity index (χ2v) is 5.88. The van der Waals surface area contributed by atoms with Crippen molar-refractivity contribution in [2.24, 2.45) is 10.9 Å². The molecule has 1 saturated heterocycles. The molecular formula is C17H27IN4O3. The fourth-order valence-electron chi connectivity index (χ4n) is 2.56. The maximum Gasteiger partial charge on any atom is 0.246 e. The zero-order chi connectivity index (χ0) is 17.4. The molecule has 0 bridgehead atoms. The van der Waals surface area contributed by atoms with Gasteiger partial charge in [0.25, 0.3) is 0 Å². The molecule has 0 saturated carbocycles. The summed E-state index contributed by atoms with van der Waals surface area (Å²) in [5.74, 6) is 1.18. The molecule has 0 spiro atoms. The monoisotopic (exact) mass is 462 g/mol. The van der Waals surface area contributed by atoms with Crippen molar-refractivity contribution in [3.05, 3.63) is 24.3 Å². The summed E-state index contributed by atoms with van der Waals surface area (Å²) in [5, 5.41) is 15.2. The van der Waals surface area contributed by atoms with E-state index in [-0.39, 0.29) is 42.2 Å². The van der Waals surface area contributed by atoms with E-state index in [1.54, 1.807) is 12.1 Å². The Bertz CT molecular complexity index is 560. The van der Waals surface area contributed by atoms with Crippen LogP contribution < -0.4 is 10.6 Å². The highest BCUT2D eigenvalue weighted by Gasteiger charge is 2.19. The molecule has 1 heterocycles. The average Bonchev–Trinajstić information content (AvgIpc) is 3.06. The first kappa shape index (κ1) is 21.5. The number of benzene rings is 1. The minimum absolute atomic E-state index is 0. The lowest BCUT2D eigenvalue weighted by Gasteiger charge is -2.24. The minimum atomic E-state index is -0.200. The van der Waals surface area contributed by atoms with E-state index in [0.29, 0.717) is 17.6 Å². The molecule has 3 N–H and O–H groups in total. The Morgan fingerprint density at radius 1 is 1.40 bits per heavy atom. The number of rotatable bonds is 6. The van der Waals surface area contributed by atoms with Crippen molar-refractivity contribution < 1.29 is 14.6 Å². The van der Waals surface area contributed by atoms with Crippen molar-refractivity contribution in [3.8, 4) is 5.75 Å². The van der Waals surface area contributed by atoms with E-state index in [1.807, 2.05) is 18.9 Å². The Labute approximate surface area is 165 Å². The molecule has 1 aliphatic heterocycles. The third-order valence-corrected chi connectivity index (χ3v) is 3.78. The van der Waals surface area contributed by atoms with Gasteiger partial charge in [-0.25, -0.2) is 4.99 Å². The third-order valence-electron chi connectivity index (χ3n) is 3.78. The van der Waals surface area contributed by atoms with Gasteiger partial charge in [-0.05, 0) is 37.6 Å². The number of nitrogens with one attached hydrogen (secondary N) is 2. The van der Waals surface area contributed by atoms with Gasteiger partial charge in [-0.1, -0.05) is 0 Å². The Morgan fingerprint density at radius 2 is 2.12 bits per heavy atom. The summed E-state index contributed by atoms with van der Waals surface area (Å²) in [6, 6.07) is 6.35. The van der Waals surface area contributed by atoms with Crippen molar-refractivity contribution in [1.29, 1.82) is 0 Å². The minimum Gasteiger partial charge on any atom is -0.508 e. The van der Waals surface area contributed by atoms with E-state index < -0.39 is 0 Å². The standard InChI is InChI=1S/C17H26N4O3.HI/c1-3-18-17(21(2)11-13-8-9-24-12-13)19-10-16(23)20-14-4-6-15(22)7-5-14;/h4-7,13,22H,3,8-12H2,1-2H3,(H,18,19)(H,20,23);1H. The summed E-state index contributed by atoms with van der Waals surface area (Å²) in [5.41, 5.74) is 0.634. The summed E-state index contributed by atoms with van der Waals surface area (Å²) < 4.78 is 5.40. The number of phenols is 1. The zero-order valence-corrected chi connectivity index (χ0v) is 17.0. The van der Waals surface area contributed by atoms with Gasteiger partial charge < -0.3 is 25.4 Å². The maximum absolute atomic E-state index is 12.0. The number of carbonyl (C=O) groups excluding carboxylic acids is 1. The van der Waals surface area contributed by atoms with Gasteiger partial charge in [0.05, 0.1) is 6.61 Å². The Balaban J connectivity index is 0.00000312. The van der Waals surface area contributed by atoms with E-state index in [2.05, 4.69) is 15.6 Å². The van der Waals surface area contributed by atoms with Gasteiger partial charge >= 0.3 is 0 Å². The van der Waals surface area contributed by atoms with Crippen LogP contribution in [0.2, 0.25) is 0 Å². The Hall–Kier alpha value is -1.55. The van der Waals surface area contributed by atoms with Crippen molar-refractivity contribution in [3.63, 3.8) is 0 Å². The predicted octanol–water partition coefficient (Wildman–Crippen LogP) is 1.88. The van der Waals surface area contributed by atoms with Crippen LogP contribution in [0, 0.1) is 5.92 Å². The number of nitrogens with zero attached hydrogens (tertiary/aromatic N) is 2. The topological polar surface area (TPSA) is 86.2 Å². The molecular weight excluding hydrogens is 435 g/mol. The fourth-order valence-corrected chi connectivity index (χ4v) is 2.56. The number of ether oxygens (including phenoxy) is 1. The van der Waals surface area contributed by atoms with Crippen LogP contribution in [-0.4, -0.2) is 61.8 Å². The number of aliphatic imine (C=N–C) groups is 1. The molecule has 0 radical (unpaired) electrons. The highest BCUT2D eigenvalue weighted by atomic mass is 127. The Morgan fingerprint density at radius 3 is 2.72 bits per heavy atom. The number of amides is 1. The van der Waals surface area contributed by atoms with Gasteiger partial charge in [0.1, 0.15) is 12.3 Å². The highest BCUT2D eigenvalue weighted by Crippen LogP contribution is 2.14. The summed E-state index contributed by atoms with van der Waals surface area (Å²) in [4.78, 5) is 18.5. The molecule has 1 aromatic carbocycles. The van der Waals surface area contributed by atoms with Crippen molar-refractivity contribution in [1.82, 2.24) is 10.2 Å². The SMILES string of the molecule is CCNC(=NCC(=O)Nc1ccc(O)cc1)N(C)CC1CCOC1.I. The molecule has 1 fully saturated rings. The Kier molecular flexibility index (Phi) is 9.58. The molecule has 1 aliphatic rings. The van der Waals surface area contributed by atoms with Gasteiger partial charge in [0.15, 0.2) is 5.96 Å². The first-order chi connectivity index (χ1) is 11.6. The lowest BCUT2D eigenvalue weighted by molar-refractivity contribution is -0.114. The number of guanidine groups is 1. The molecule has 8 heteroatoms. The fraction of sp³-hybridized carbons (Fsp3) is 0.529. The van der Waals surface area contributed by atoms with Gasteiger partial charge in [-0.3, -0.25) is 4.79 Å². The molecule has 140 valence electrons. The first-order valence-electron chi connectivity index (χ1n) is 8.24. The maximum atomic E-state index is 12.0. The number of phenolic OH excluding ortho intramolecular Hbond substituents is 1. The number of anilines is 1. The summed E-state index contributed by atoms with van der Waals surface area (Å²) in [6.07, 6.45) is 1.06. The van der Waals surface area contributed by atoms with Crippen LogP contribution in [0.5, 0.6) is 5.75 Å². The van der Waals surface area contributed by atoms with Gasteiger partial charge in [-0.2, -0.15) is 0 Å². The van der Waals surface area contributed by atoms with Crippen molar-refractivity contribution in [2.75, 3.05) is 45.2 Å². The molecule has 1 aromatic rings. The van der Waals surface area contributed by atoms with Gasteiger partial charge in [0, 0.05) is 38.3 Å². The van der Waals surface area contributed by atoms with E-state index in [1.165, 1.54) is 12.1 Å². The van der Waals surface area contributed by atoms with Crippen molar-refractivity contribution in [2.45, 2.75) is 13.3 Å². The third kappa shape index (κ3) is 7.47. The highest BCUT2D eigenvalue weighted by molar-refractivity contribution is 14.0. The van der Waals surface area contributed by atoms with Crippen LogP contribution in [0.4, 0.5) is 5.69 Å². The number of halogens is 1. The smallest absolute Gasteiger partial charge is 0.246 e. The molecule has 0 aliphatic carbocycles. The summed E-state index contributed by atoms with van der Waals surface area (Å²) >= 11 is 0. The first-order valence-corrected chi connectivity index (χ1v) is 8.24. The van der Waals surface area contributed by atoms with E-state index in [0.717, 1.165) is 32.7 Å². The van der Waals surface area contributed by atoms with Gasteiger partial charge in [0.2, 0.25) is 5.91 Å². The zero-order valence-electron chi connectivity index (χ0n) is 14.7. The second-order valence-electron chi connectivity index (χ2n) is 5.88. The van der Waals surface area contributed by atoms with E-state index in [4.69, 9.17) is 4.74 Å². The largest absolute Gasteiger partial charge is 0.508 e. The number of hydrogen-bond acceptors (Lipinski definition) is 4. The van der Waals surface area contributed by atoms with Crippen LogP contribution in [0.1, 0.15) is 13.3 Å². The lowest BCUT2D eigenvalue weighted by atomic mass is 10.1. The number of carbonyl (C=O) groups is 1. The molecule has 0 aromatic heterocycles. The quantitative estimate of drug-likeness (QED) is 0.260. The van der Waals surface area contributed by atoms with Gasteiger partial charge in [-0.15, -0.1) is 24.0 Å². The number of aromatic hydroxyl groups is 1. The van der Waals surface area contributed by atoms with Crippen LogP contribution in [0.25, 0.3) is 0 Å². The van der Waals surface area contributed by atoms with Crippen LogP contribution in [0.15, 0.2) is 29.3 Å². The number of hydrogen-bond donors (Lipinski definition) is 3. The normalized spacial score (nSPS) is 16.9. The molecule has 1 atom stereocenters. The van der Waals surface area contributed by atoms with E-state index in [9.17, 15) is 9.90 Å². The van der Waals surface area contributed by atoms with Crippen LogP contribution in [0.3, 0.4) is 0 Å². The molecule has 2 rings (SSSR count). The van der Waals surface area contributed by atoms with Crippen LogP contribution in [-0.2, 0) is 9.53 Å². The average molecular weight is 462 g/mol. The lowest BCUT2D eigenvalue weighted by Crippen LogP contribution is -2.42. The molecule has 1 amide bonds. The molecule has 1 unspecified atom stereocenters. The predicted molar refractivity (Wildman–Crippen MR) is 110 cm³/mol.